The summed E-state index contributed by atoms with van der Waals surface area (Å²) in [6.07, 6.45) is 0.161. The van der Waals surface area contributed by atoms with Crippen molar-refractivity contribution in [2.75, 3.05) is 38.5 Å². The van der Waals surface area contributed by atoms with E-state index in [1.54, 1.807) is 13.8 Å². The minimum Gasteiger partial charge on any atom is -0.481 e. The molecule has 328 valence electrons. The number of primary amides is 1. The molecule has 0 aromatic rings. The third kappa shape index (κ3) is 23.2. The van der Waals surface area contributed by atoms with Crippen LogP contribution >= 0.6 is 12.6 Å². The predicted octanol–water partition coefficient (Wildman–Crippen LogP) is -6.97. The largest absolute Gasteiger partial charge is 0.481 e. The average Bonchev–Trinajstić information content (AvgIpc) is 3.16. The van der Waals surface area contributed by atoms with Crippen LogP contribution in [0, 0.1) is 5.92 Å². The van der Waals surface area contributed by atoms with Gasteiger partial charge in [-0.15, -0.1) is 0 Å². The maximum atomic E-state index is 13.6. The van der Waals surface area contributed by atoms with Crippen molar-refractivity contribution in [3.63, 3.8) is 0 Å². The molecule has 0 rings (SSSR count). The van der Waals surface area contributed by atoms with Crippen LogP contribution in [0.5, 0.6) is 0 Å². The summed E-state index contributed by atoms with van der Waals surface area (Å²) in [7, 11) is 0. The molecule has 0 aliphatic heterocycles. The van der Waals surface area contributed by atoms with E-state index in [0.717, 1.165) is 0 Å². The van der Waals surface area contributed by atoms with Crippen LogP contribution in [0.25, 0.3) is 0 Å². The normalized spacial score (nSPS) is 13.7. The number of hydrogen-bond donors (Lipinski definition) is 15. The number of guanidine groups is 2. The van der Waals surface area contributed by atoms with Gasteiger partial charge in [0.1, 0.15) is 24.2 Å². The van der Waals surface area contributed by atoms with E-state index in [2.05, 4.69) is 59.8 Å². The van der Waals surface area contributed by atoms with Crippen molar-refractivity contribution < 1.29 is 48.3 Å². The Hall–Kier alpha value is -5.92. The molecule has 0 heterocycles. The van der Waals surface area contributed by atoms with E-state index in [-0.39, 0.29) is 56.4 Å². The Balaban J connectivity index is 5.68. The van der Waals surface area contributed by atoms with Gasteiger partial charge in [-0.25, -0.2) is 0 Å². The quantitative estimate of drug-likeness (QED) is 0.0144. The number of aliphatic imine (C=N–C) groups is 2. The van der Waals surface area contributed by atoms with Gasteiger partial charge in [0, 0.05) is 25.3 Å². The molecule has 26 heteroatoms. The van der Waals surface area contributed by atoms with Gasteiger partial charge in [-0.2, -0.15) is 12.6 Å². The summed E-state index contributed by atoms with van der Waals surface area (Å²) in [6, 6.07) is -6.03. The summed E-state index contributed by atoms with van der Waals surface area (Å²) in [4.78, 5) is 120. The Morgan fingerprint density at radius 1 is 0.621 bits per heavy atom. The van der Waals surface area contributed by atoms with E-state index < -0.39 is 115 Å². The van der Waals surface area contributed by atoms with E-state index in [9.17, 15) is 43.2 Å². The maximum absolute atomic E-state index is 13.6. The average molecular weight is 846 g/mol. The van der Waals surface area contributed by atoms with E-state index in [1.165, 1.54) is 0 Å². The fraction of sp³-hybridized carbons (Fsp3) is 0.656. The molecule has 0 radical (unpaired) electrons. The van der Waals surface area contributed by atoms with Gasteiger partial charge >= 0.3 is 5.97 Å². The molecule has 0 saturated heterocycles. The second-order valence-electron chi connectivity index (χ2n) is 12.9. The number of nitrogens with two attached hydrogens (primary N) is 6. The van der Waals surface area contributed by atoms with Gasteiger partial charge in [-0.3, -0.25) is 53.1 Å². The number of carbonyl (C=O) groups excluding carboxylic acids is 8. The zero-order valence-corrected chi connectivity index (χ0v) is 33.5. The number of thiol groups is 1. The molecule has 20 N–H and O–H groups in total. The van der Waals surface area contributed by atoms with Crippen molar-refractivity contribution in [3.05, 3.63) is 0 Å². The van der Waals surface area contributed by atoms with Crippen LogP contribution in [0.3, 0.4) is 0 Å². The first-order valence-electron chi connectivity index (χ1n) is 18.2. The highest BCUT2D eigenvalue weighted by Crippen LogP contribution is 2.10. The van der Waals surface area contributed by atoms with Crippen LogP contribution in [0.2, 0.25) is 0 Å². The molecule has 0 aromatic carbocycles. The SMILES string of the molecule is CC[C@@H](C)[C@@H](NC(=O)[C@@H](CCCN=C(N)N)NC(=O)CNC(=O)[C@@H](CCC(=O)O)NC(=O)[C@H](N)CCCN=C(N)N)C(=O)NCC(=O)NCC(=O)N[C@@H](CS)C(N)=O. The molecule has 58 heavy (non-hydrogen) atoms. The highest BCUT2D eigenvalue weighted by atomic mass is 32.1. The molecule has 0 unspecified atom stereocenters. The summed E-state index contributed by atoms with van der Waals surface area (Å²) in [5, 5.41) is 25.8. The molecule has 0 aliphatic rings. The van der Waals surface area contributed by atoms with Crippen LogP contribution in [0.1, 0.15) is 58.8 Å². The fourth-order valence-corrected chi connectivity index (χ4v) is 4.97. The zero-order chi connectivity index (χ0) is 44.4. The van der Waals surface area contributed by atoms with Crippen LogP contribution in [0.4, 0.5) is 0 Å². The van der Waals surface area contributed by atoms with Gasteiger partial charge in [0.15, 0.2) is 11.9 Å². The number of carboxylic acids is 1. The maximum Gasteiger partial charge on any atom is 0.303 e. The number of nitrogens with one attached hydrogen (secondary N) is 7. The lowest BCUT2D eigenvalue weighted by atomic mass is 9.97. The molecular formula is C32H59N15O10S. The molecule has 0 bridgehead atoms. The van der Waals surface area contributed by atoms with Crippen molar-refractivity contribution >= 4 is 77.8 Å². The van der Waals surface area contributed by atoms with Crippen LogP contribution in [-0.4, -0.2) is 139 Å². The van der Waals surface area contributed by atoms with E-state index >= 15 is 0 Å². The Labute approximate surface area is 340 Å². The zero-order valence-electron chi connectivity index (χ0n) is 32.6. The molecule has 25 nitrogen and oxygen atoms in total. The lowest BCUT2D eigenvalue weighted by molar-refractivity contribution is -0.138. The molecule has 8 amide bonds. The summed E-state index contributed by atoms with van der Waals surface area (Å²) in [5.74, 6) is -8.56. The fourth-order valence-electron chi connectivity index (χ4n) is 4.70. The minimum atomic E-state index is -1.39. The van der Waals surface area contributed by atoms with Gasteiger partial charge < -0.3 is 76.7 Å². The van der Waals surface area contributed by atoms with Crippen molar-refractivity contribution in [1.29, 1.82) is 0 Å². The number of aliphatic carboxylic acids is 1. The summed E-state index contributed by atoms with van der Waals surface area (Å²) < 4.78 is 0. The van der Waals surface area contributed by atoms with Gasteiger partial charge in [0.2, 0.25) is 47.3 Å². The topological polar surface area (TPSA) is 439 Å². The number of rotatable bonds is 29. The Morgan fingerprint density at radius 2 is 1.12 bits per heavy atom. The number of hydrogen-bond acceptors (Lipinski definition) is 13. The third-order valence-corrected chi connectivity index (χ3v) is 8.49. The molecule has 0 aliphatic carbocycles. The number of nitrogens with zero attached hydrogens (tertiary/aromatic N) is 2. The number of carbonyl (C=O) groups is 9. The van der Waals surface area contributed by atoms with Crippen molar-refractivity contribution in [2.24, 2.45) is 50.3 Å². The number of amides is 8. The highest BCUT2D eigenvalue weighted by molar-refractivity contribution is 7.80. The van der Waals surface area contributed by atoms with Gasteiger partial charge in [-0.05, 0) is 38.0 Å². The lowest BCUT2D eigenvalue weighted by Gasteiger charge is -2.26. The summed E-state index contributed by atoms with van der Waals surface area (Å²) in [6.45, 7) is 1.85. The van der Waals surface area contributed by atoms with E-state index in [0.29, 0.717) is 12.8 Å². The van der Waals surface area contributed by atoms with Crippen LogP contribution < -0.4 is 71.6 Å². The van der Waals surface area contributed by atoms with E-state index in [4.69, 9.17) is 39.5 Å². The minimum absolute atomic E-state index is 0.0379. The predicted molar refractivity (Wildman–Crippen MR) is 214 cm³/mol. The van der Waals surface area contributed by atoms with Gasteiger partial charge in [0.05, 0.1) is 25.7 Å². The summed E-state index contributed by atoms with van der Waals surface area (Å²) in [5.41, 5.74) is 32.3. The standard InChI is InChI=1S/C32H59N15O10S/c1-3-16(2)25(30(57)43-12-21(48)41-13-22(49)45-20(15-58)26(34)53)47-29(56)18(7-5-11-40-32(37)38)44-23(50)14-42-28(55)19(8-9-24(51)52)46-27(54)17(33)6-4-10-39-31(35)36/h16-20,25,58H,3-15,33H2,1-2H3,(H2,34,53)(H,41,48)(H,42,55)(H,43,57)(H,44,50)(H,45,49)(H,46,54)(H,47,56)(H,51,52)(H4,35,36,39)(H4,37,38,40)/t16-,17-,18-,19-,20+,25-/m1/s1. The summed E-state index contributed by atoms with van der Waals surface area (Å²) >= 11 is 3.91. The first-order valence-corrected chi connectivity index (χ1v) is 18.8. The van der Waals surface area contributed by atoms with E-state index in [1.807, 2.05) is 0 Å². The molecule has 0 spiro atoms. The number of carboxylic acid groups (broad SMARTS) is 1. The Morgan fingerprint density at radius 3 is 1.64 bits per heavy atom. The van der Waals surface area contributed by atoms with Gasteiger partial charge in [-0.1, -0.05) is 20.3 Å². The molecular weight excluding hydrogens is 787 g/mol. The van der Waals surface area contributed by atoms with Crippen LogP contribution in [-0.2, 0) is 43.2 Å². The first kappa shape index (κ1) is 52.1. The smallest absolute Gasteiger partial charge is 0.303 e. The van der Waals surface area contributed by atoms with Gasteiger partial charge in [0.25, 0.3) is 0 Å². The lowest BCUT2D eigenvalue weighted by Crippen LogP contribution is -2.57. The van der Waals surface area contributed by atoms with Crippen molar-refractivity contribution in [2.45, 2.75) is 89.0 Å². The second-order valence-corrected chi connectivity index (χ2v) is 13.3. The van der Waals surface area contributed by atoms with Crippen LogP contribution in [0.15, 0.2) is 9.98 Å². The third-order valence-electron chi connectivity index (χ3n) is 8.13. The first-order chi connectivity index (χ1) is 27.2. The highest BCUT2D eigenvalue weighted by Gasteiger charge is 2.31. The Kier molecular flexibility index (Phi) is 25.6. The second kappa shape index (κ2) is 28.5. The molecule has 0 fully saturated rings. The van der Waals surface area contributed by atoms with Crippen molar-refractivity contribution in [3.8, 4) is 0 Å². The monoisotopic (exact) mass is 845 g/mol. The van der Waals surface area contributed by atoms with Crippen molar-refractivity contribution in [1.82, 2.24) is 37.2 Å². The Bertz CT molecular complexity index is 1490. The molecule has 0 saturated carbocycles. The molecule has 6 atom stereocenters. The molecule has 0 aromatic heterocycles.